The van der Waals surface area contributed by atoms with Crippen LogP contribution in [0.1, 0.15) is 51.0 Å². The molecular weight excluding hydrogens is 330 g/mol. The first-order valence-corrected chi connectivity index (χ1v) is 9.18. The lowest BCUT2D eigenvalue weighted by molar-refractivity contribution is -0.138. The van der Waals surface area contributed by atoms with E-state index in [4.69, 9.17) is 9.47 Å². The third kappa shape index (κ3) is 3.14. The molecule has 0 saturated heterocycles. The van der Waals surface area contributed by atoms with Crippen molar-refractivity contribution in [1.82, 2.24) is 5.32 Å². The molecule has 0 spiro atoms. The highest BCUT2D eigenvalue weighted by molar-refractivity contribution is 6.04. The number of carbonyl (C=O) groups is 2. The number of allylic oxidation sites excluding steroid dienone is 3. The molecule has 138 valence electrons. The van der Waals surface area contributed by atoms with Crippen molar-refractivity contribution in [1.29, 1.82) is 0 Å². The largest absolute Gasteiger partial charge is 0.496 e. The Morgan fingerprint density at radius 1 is 1.23 bits per heavy atom. The first-order chi connectivity index (χ1) is 12.6. The van der Waals surface area contributed by atoms with Gasteiger partial charge in [-0.25, -0.2) is 4.79 Å². The third-order valence-corrected chi connectivity index (χ3v) is 4.96. The van der Waals surface area contributed by atoms with Gasteiger partial charge in [-0.05, 0) is 32.3 Å². The number of hydrogen-bond donors (Lipinski definition) is 1. The second kappa shape index (κ2) is 7.77. The van der Waals surface area contributed by atoms with Gasteiger partial charge in [-0.3, -0.25) is 4.79 Å². The lowest BCUT2D eigenvalue weighted by atomic mass is 9.74. The first kappa shape index (κ1) is 18.2. The second-order valence-electron chi connectivity index (χ2n) is 6.44. The van der Waals surface area contributed by atoms with Crippen LogP contribution in [0.3, 0.4) is 0 Å². The highest BCUT2D eigenvalue weighted by Gasteiger charge is 2.40. The van der Waals surface area contributed by atoms with E-state index in [1.165, 1.54) is 0 Å². The van der Waals surface area contributed by atoms with Crippen LogP contribution in [0, 0.1) is 0 Å². The maximum atomic E-state index is 12.8. The molecule has 5 nitrogen and oxygen atoms in total. The number of carbonyl (C=O) groups excluding carboxylic acids is 2. The minimum atomic E-state index is -0.454. The van der Waals surface area contributed by atoms with E-state index in [1.807, 2.05) is 31.2 Å². The van der Waals surface area contributed by atoms with Crippen LogP contribution < -0.4 is 10.1 Å². The molecule has 0 radical (unpaired) electrons. The molecular formula is C21H25NO4. The van der Waals surface area contributed by atoms with Gasteiger partial charge in [0.2, 0.25) is 0 Å². The fraction of sp³-hybridized carbons (Fsp3) is 0.429. The zero-order valence-corrected chi connectivity index (χ0v) is 15.6. The highest BCUT2D eigenvalue weighted by atomic mass is 16.5. The van der Waals surface area contributed by atoms with Crippen molar-refractivity contribution in [3.8, 4) is 5.75 Å². The van der Waals surface area contributed by atoms with E-state index in [0.717, 1.165) is 29.8 Å². The molecule has 0 saturated carbocycles. The fourth-order valence-electron chi connectivity index (χ4n) is 3.84. The summed E-state index contributed by atoms with van der Waals surface area (Å²) in [5, 5.41) is 3.36. The Balaban J connectivity index is 2.24. The zero-order chi connectivity index (χ0) is 18.7. The van der Waals surface area contributed by atoms with Gasteiger partial charge in [0.15, 0.2) is 5.78 Å². The quantitative estimate of drug-likeness (QED) is 0.818. The van der Waals surface area contributed by atoms with Crippen LogP contribution in [-0.2, 0) is 14.3 Å². The normalized spacial score (nSPS) is 19.8. The standard InChI is InChI=1S/C21H25NO4/c1-4-14-20(21(24)26-5-2)18(13-9-6-7-12-17(13)25-3)19-15(22-14)10-8-11-16(19)23/h6-7,9,12,18,22H,4-5,8,10-11H2,1-3H3. The number of dihydropyridines is 1. The van der Waals surface area contributed by atoms with Crippen molar-refractivity contribution in [3.63, 3.8) is 0 Å². The van der Waals surface area contributed by atoms with E-state index in [9.17, 15) is 9.59 Å². The molecule has 5 heteroatoms. The molecule has 0 aromatic heterocycles. The summed E-state index contributed by atoms with van der Waals surface area (Å²) in [7, 11) is 1.60. The van der Waals surface area contributed by atoms with E-state index in [1.54, 1.807) is 14.0 Å². The van der Waals surface area contributed by atoms with E-state index in [-0.39, 0.29) is 18.4 Å². The van der Waals surface area contributed by atoms with Crippen molar-refractivity contribution < 1.29 is 19.1 Å². The fourth-order valence-corrected chi connectivity index (χ4v) is 3.84. The molecule has 0 fully saturated rings. The number of para-hydroxylation sites is 1. The van der Waals surface area contributed by atoms with Crippen molar-refractivity contribution in [2.45, 2.75) is 45.4 Å². The molecule has 0 bridgehead atoms. The smallest absolute Gasteiger partial charge is 0.336 e. The maximum absolute atomic E-state index is 12.8. The van der Waals surface area contributed by atoms with Crippen molar-refractivity contribution >= 4 is 11.8 Å². The van der Waals surface area contributed by atoms with Crippen LogP contribution in [-0.4, -0.2) is 25.5 Å². The number of nitrogens with one attached hydrogen (secondary N) is 1. The molecule has 1 unspecified atom stereocenters. The van der Waals surface area contributed by atoms with E-state index in [2.05, 4.69) is 5.32 Å². The lowest BCUT2D eigenvalue weighted by Crippen LogP contribution is -2.35. The summed E-state index contributed by atoms with van der Waals surface area (Å²) in [6, 6.07) is 7.57. The zero-order valence-electron chi connectivity index (χ0n) is 15.6. The van der Waals surface area contributed by atoms with Crippen LogP contribution in [0.15, 0.2) is 46.8 Å². The number of esters is 1. The Morgan fingerprint density at radius 3 is 2.69 bits per heavy atom. The van der Waals surface area contributed by atoms with Gasteiger partial charge < -0.3 is 14.8 Å². The van der Waals surface area contributed by atoms with Crippen LogP contribution in [0.2, 0.25) is 0 Å². The molecule has 26 heavy (non-hydrogen) atoms. The maximum Gasteiger partial charge on any atom is 0.336 e. The van der Waals surface area contributed by atoms with Crippen LogP contribution >= 0.6 is 0 Å². The molecule has 1 aromatic rings. The molecule has 3 rings (SSSR count). The number of ketones is 1. The SMILES string of the molecule is CCOC(=O)C1=C(CC)NC2=C(C(=O)CCC2)C1c1ccccc1OC. The molecule has 1 heterocycles. The highest BCUT2D eigenvalue weighted by Crippen LogP contribution is 2.45. The minimum Gasteiger partial charge on any atom is -0.496 e. The molecule has 0 amide bonds. The van der Waals surface area contributed by atoms with E-state index in [0.29, 0.717) is 29.7 Å². The Bertz CT molecular complexity index is 791. The van der Waals surface area contributed by atoms with Crippen LogP contribution in [0.4, 0.5) is 0 Å². The molecule has 1 N–H and O–H groups in total. The van der Waals surface area contributed by atoms with Gasteiger partial charge in [-0.2, -0.15) is 0 Å². The summed E-state index contributed by atoms with van der Waals surface area (Å²) in [4.78, 5) is 25.7. The molecule has 2 aliphatic rings. The monoisotopic (exact) mass is 355 g/mol. The summed E-state index contributed by atoms with van der Waals surface area (Å²) in [6.07, 6.45) is 2.80. The van der Waals surface area contributed by atoms with Gasteiger partial charge in [0.25, 0.3) is 0 Å². The predicted molar refractivity (Wildman–Crippen MR) is 98.7 cm³/mol. The van der Waals surface area contributed by atoms with Crippen LogP contribution in [0.25, 0.3) is 0 Å². The molecule has 1 aliphatic carbocycles. The summed E-state index contributed by atoms with van der Waals surface area (Å²) >= 11 is 0. The topological polar surface area (TPSA) is 64.6 Å². The van der Waals surface area contributed by atoms with Gasteiger partial charge in [-0.15, -0.1) is 0 Å². The van der Waals surface area contributed by atoms with E-state index < -0.39 is 5.92 Å². The Hall–Kier alpha value is -2.56. The lowest BCUT2D eigenvalue weighted by Gasteiger charge is -2.35. The summed E-state index contributed by atoms with van der Waals surface area (Å²) in [6.45, 7) is 4.07. The van der Waals surface area contributed by atoms with Crippen molar-refractivity contribution in [2.75, 3.05) is 13.7 Å². The summed E-state index contributed by atoms with van der Waals surface area (Å²) in [5.41, 5.74) is 3.79. The van der Waals surface area contributed by atoms with E-state index >= 15 is 0 Å². The van der Waals surface area contributed by atoms with Crippen molar-refractivity contribution in [3.05, 3.63) is 52.4 Å². The summed E-state index contributed by atoms with van der Waals surface area (Å²) in [5.74, 6) is -0.0737. The number of ether oxygens (including phenoxy) is 2. The number of Topliss-reactive ketones (excluding diaryl/α,β-unsaturated/α-hetero) is 1. The number of methoxy groups -OCH3 is 1. The van der Waals surface area contributed by atoms with Crippen LogP contribution in [0.5, 0.6) is 5.75 Å². The first-order valence-electron chi connectivity index (χ1n) is 9.18. The average molecular weight is 355 g/mol. The van der Waals surface area contributed by atoms with Gasteiger partial charge in [0.05, 0.1) is 25.2 Å². The van der Waals surface area contributed by atoms with Gasteiger partial charge in [0.1, 0.15) is 5.75 Å². The Kier molecular flexibility index (Phi) is 5.45. The average Bonchev–Trinajstić information content (AvgIpc) is 2.66. The molecule has 1 aromatic carbocycles. The second-order valence-corrected chi connectivity index (χ2v) is 6.44. The Labute approximate surface area is 154 Å². The molecule has 1 atom stereocenters. The minimum absolute atomic E-state index is 0.0895. The number of rotatable bonds is 5. The van der Waals surface area contributed by atoms with Gasteiger partial charge in [0, 0.05) is 29.0 Å². The van der Waals surface area contributed by atoms with Gasteiger partial charge in [-0.1, -0.05) is 25.1 Å². The number of benzene rings is 1. The summed E-state index contributed by atoms with van der Waals surface area (Å²) < 4.78 is 10.9. The predicted octanol–water partition coefficient (Wildman–Crippen LogP) is 3.62. The van der Waals surface area contributed by atoms with Crippen molar-refractivity contribution in [2.24, 2.45) is 0 Å². The number of hydrogen-bond acceptors (Lipinski definition) is 5. The van der Waals surface area contributed by atoms with Gasteiger partial charge >= 0.3 is 5.97 Å². The third-order valence-electron chi connectivity index (χ3n) is 4.96. The Morgan fingerprint density at radius 2 is 2.00 bits per heavy atom. The molecule has 1 aliphatic heterocycles.